The Hall–Kier alpha value is -1.00. The van der Waals surface area contributed by atoms with Crippen LogP contribution in [0.1, 0.15) is 32.6 Å². The molecule has 64 valence electrons. The molecular formula is C12H16. The summed E-state index contributed by atoms with van der Waals surface area (Å²) in [4.78, 5) is 0. The Kier molecular flexibility index (Phi) is 3.63. The third kappa shape index (κ3) is 2.94. The summed E-state index contributed by atoms with van der Waals surface area (Å²) in [7, 11) is 0. The van der Waals surface area contributed by atoms with E-state index in [0.29, 0.717) is 0 Å². The maximum Gasteiger partial charge on any atom is -0.00621 e. The molecule has 0 aromatic carbocycles. The van der Waals surface area contributed by atoms with E-state index in [9.17, 15) is 0 Å². The van der Waals surface area contributed by atoms with Crippen molar-refractivity contribution >= 4 is 0 Å². The van der Waals surface area contributed by atoms with Crippen molar-refractivity contribution in [2.45, 2.75) is 32.6 Å². The number of hydrogen-bond donors (Lipinski definition) is 0. The largest absolute Gasteiger partial charge is 0.125 e. The van der Waals surface area contributed by atoms with Crippen LogP contribution >= 0.6 is 0 Å². The second-order valence-electron chi connectivity index (χ2n) is 3.24. The predicted molar refractivity (Wildman–Crippen MR) is 54.0 cm³/mol. The standard InChI is InChI=1S/C12H16/c1-3-7-12-9-6-4-5-8-11(2)10-12/h5-6,9H,2-3,7-8,10H2,1H3. The van der Waals surface area contributed by atoms with Gasteiger partial charge >= 0.3 is 0 Å². The second-order valence-corrected chi connectivity index (χ2v) is 3.24. The maximum absolute atomic E-state index is 4.02. The zero-order valence-electron chi connectivity index (χ0n) is 7.77. The minimum absolute atomic E-state index is 0.984. The lowest BCUT2D eigenvalue weighted by Gasteiger charge is -2.07. The van der Waals surface area contributed by atoms with Gasteiger partial charge in [-0.05, 0) is 31.4 Å². The van der Waals surface area contributed by atoms with Crippen LogP contribution in [0.15, 0.2) is 41.7 Å². The summed E-state index contributed by atoms with van der Waals surface area (Å²) in [6, 6.07) is 0. The first-order valence-electron chi connectivity index (χ1n) is 4.58. The van der Waals surface area contributed by atoms with Crippen LogP contribution in [0, 0.1) is 0 Å². The first-order valence-corrected chi connectivity index (χ1v) is 4.58. The highest BCUT2D eigenvalue weighted by Crippen LogP contribution is 2.18. The van der Waals surface area contributed by atoms with Gasteiger partial charge in [-0.25, -0.2) is 0 Å². The van der Waals surface area contributed by atoms with Gasteiger partial charge in [-0.2, -0.15) is 0 Å². The van der Waals surface area contributed by atoms with Gasteiger partial charge in [-0.1, -0.05) is 37.1 Å². The molecule has 0 aliphatic heterocycles. The molecule has 12 heavy (non-hydrogen) atoms. The Labute approximate surface area is 75.0 Å². The SMILES string of the molecule is C=C1CC=C=CC=C(CCC)C1. The smallest absolute Gasteiger partial charge is 0.00621 e. The monoisotopic (exact) mass is 160 g/mol. The summed E-state index contributed by atoms with van der Waals surface area (Å²) in [5.41, 5.74) is 5.91. The van der Waals surface area contributed by atoms with Gasteiger partial charge in [0, 0.05) is 0 Å². The van der Waals surface area contributed by atoms with E-state index in [2.05, 4.69) is 25.3 Å². The van der Waals surface area contributed by atoms with Crippen LogP contribution in [0.25, 0.3) is 0 Å². The molecule has 1 aliphatic carbocycles. The summed E-state index contributed by atoms with van der Waals surface area (Å²) in [6.45, 7) is 6.23. The molecule has 0 bridgehead atoms. The van der Waals surface area contributed by atoms with Crippen LogP contribution in [0.3, 0.4) is 0 Å². The van der Waals surface area contributed by atoms with Crippen molar-refractivity contribution in [3.05, 3.63) is 41.7 Å². The average molecular weight is 160 g/mol. The minimum atomic E-state index is 0.984. The van der Waals surface area contributed by atoms with E-state index in [0.717, 1.165) is 12.8 Å². The highest BCUT2D eigenvalue weighted by atomic mass is 14.0. The topological polar surface area (TPSA) is 0 Å². The van der Waals surface area contributed by atoms with Crippen molar-refractivity contribution in [3.8, 4) is 0 Å². The fourth-order valence-electron chi connectivity index (χ4n) is 1.38. The van der Waals surface area contributed by atoms with E-state index < -0.39 is 0 Å². The van der Waals surface area contributed by atoms with Crippen LogP contribution in [0.2, 0.25) is 0 Å². The van der Waals surface area contributed by atoms with Crippen molar-refractivity contribution in [1.82, 2.24) is 0 Å². The maximum atomic E-state index is 4.02. The molecule has 0 unspecified atom stereocenters. The van der Waals surface area contributed by atoms with Crippen LogP contribution < -0.4 is 0 Å². The summed E-state index contributed by atoms with van der Waals surface area (Å²) in [5.74, 6) is 0. The molecule has 0 amide bonds. The van der Waals surface area contributed by atoms with E-state index in [1.165, 1.54) is 24.0 Å². The first-order chi connectivity index (χ1) is 5.83. The lowest BCUT2D eigenvalue weighted by molar-refractivity contribution is 0.858. The van der Waals surface area contributed by atoms with E-state index >= 15 is 0 Å². The van der Waals surface area contributed by atoms with Gasteiger partial charge < -0.3 is 0 Å². The second kappa shape index (κ2) is 4.79. The highest BCUT2D eigenvalue weighted by molar-refractivity contribution is 5.22. The van der Waals surface area contributed by atoms with Gasteiger partial charge in [0.15, 0.2) is 0 Å². The van der Waals surface area contributed by atoms with Crippen LogP contribution in [-0.4, -0.2) is 0 Å². The third-order valence-electron chi connectivity index (χ3n) is 1.97. The minimum Gasteiger partial charge on any atom is -0.125 e. The molecule has 1 rings (SSSR count). The zero-order chi connectivity index (χ0) is 8.81. The Morgan fingerprint density at radius 3 is 3.17 bits per heavy atom. The molecule has 0 spiro atoms. The fourth-order valence-corrected chi connectivity index (χ4v) is 1.38. The Bertz CT molecular complexity index is 247. The quantitative estimate of drug-likeness (QED) is 0.426. The molecule has 0 aromatic heterocycles. The lowest BCUT2D eigenvalue weighted by atomic mass is 9.99. The van der Waals surface area contributed by atoms with Gasteiger partial charge in [0.25, 0.3) is 0 Å². The Morgan fingerprint density at radius 1 is 1.58 bits per heavy atom. The molecule has 0 atom stereocenters. The normalized spacial score (nSPS) is 17.1. The number of allylic oxidation sites excluding steroid dienone is 4. The van der Waals surface area contributed by atoms with Gasteiger partial charge in [-0.15, -0.1) is 5.73 Å². The summed E-state index contributed by atoms with van der Waals surface area (Å²) >= 11 is 0. The highest BCUT2D eigenvalue weighted by Gasteiger charge is 1.99. The molecule has 0 saturated heterocycles. The summed E-state index contributed by atoms with van der Waals surface area (Å²) in [6.07, 6.45) is 10.7. The molecule has 0 aromatic rings. The summed E-state index contributed by atoms with van der Waals surface area (Å²) in [5, 5.41) is 0. The zero-order valence-corrected chi connectivity index (χ0v) is 7.77. The van der Waals surface area contributed by atoms with Crippen molar-refractivity contribution in [3.63, 3.8) is 0 Å². The molecule has 0 radical (unpaired) electrons. The van der Waals surface area contributed by atoms with Crippen LogP contribution in [-0.2, 0) is 0 Å². The van der Waals surface area contributed by atoms with Gasteiger partial charge in [0.1, 0.15) is 0 Å². The number of rotatable bonds is 2. The van der Waals surface area contributed by atoms with E-state index in [4.69, 9.17) is 0 Å². The number of hydrogen-bond acceptors (Lipinski definition) is 0. The molecule has 0 fully saturated rings. The van der Waals surface area contributed by atoms with Gasteiger partial charge in [0.2, 0.25) is 0 Å². The predicted octanol–water partition coefficient (Wildman–Crippen LogP) is 3.77. The summed E-state index contributed by atoms with van der Waals surface area (Å²) < 4.78 is 0. The van der Waals surface area contributed by atoms with Crippen LogP contribution in [0.4, 0.5) is 0 Å². The molecule has 0 nitrogen and oxygen atoms in total. The first kappa shape index (κ1) is 9.09. The van der Waals surface area contributed by atoms with Crippen molar-refractivity contribution in [2.24, 2.45) is 0 Å². The lowest BCUT2D eigenvalue weighted by Crippen LogP contribution is -1.87. The Morgan fingerprint density at radius 2 is 2.42 bits per heavy atom. The van der Waals surface area contributed by atoms with Gasteiger partial charge in [-0.3, -0.25) is 0 Å². The molecule has 0 heterocycles. The average Bonchev–Trinajstić information content (AvgIpc) is 2.00. The van der Waals surface area contributed by atoms with Crippen molar-refractivity contribution in [2.75, 3.05) is 0 Å². The molecule has 0 saturated carbocycles. The fraction of sp³-hybridized carbons (Fsp3) is 0.417. The van der Waals surface area contributed by atoms with Crippen molar-refractivity contribution < 1.29 is 0 Å². The van der Waals surface area contributed by atoms with E-state index in [1.807, 2.05) is 12.2 Å². The van der Waals surface area contributed by atoms with E-state index in [1.54, 1.807) is 0 Å². The third-order valence-corrected chi connectivity index (χ3v) is 1.97. The molecular weight excluding hydrogens is 144 g/mol. The van der Waals surface area contributed by atoms with Crippen molar-refractivity contribution in [1.29, 1.82) is 0 Å². The molecule has 1 aliphatic rings. The molecule has 0 heteroatoms. The molecule has 0 N–H and O–H groups in total. The van der Waals surface area contributed by atoms with Crippen LogP contribution in [0.5, 0.6) is 0 Å². The van der Waals surface area contributed by atoms with E-state index in [-0.39, 0.29) is 0 Å². The van der Waals surface area contributed by atoms with Gasteiger partial charge in [0.05, 0.1) is 0 Å². The Balaban J connectivity index is 2.70.